The van der Waals surface area contributed by atoms with Gasteiger partial charge in [-0.1, -0.05) is 33.0 Å². The van der Waals surface area contributed by atoms with E-state index in [1.165, 1.54) is 0 Å². The average molecular weight is 159 g/mol. The zero-order valence-electron chi connectivity index (χ0n) is 6.60. The van der Waals surface area contributed by atoms with Crippen molar-refractivity contribution in [1.29, 1.82) is 0 Å². The van der Waals surface area contributed by atoms with Crippen LogP contribution >= 0.6 is 12.2 Å². The molecule has 0 radical (unpaired) electrons. The molecule has 1 aromatic rings. The predicted molar refractivity (Wildman–Crippen MR) is 44.6 cm³/mol. The normalized spacial score (nSPS) is 8.30. The third-order valence-electron chi connectivity index (χ3n) is 0.923. The molecule has 0 unspecified atom stereocenters. The maximum absolute atomic E-state index is 4.88. The summed E-state index contributed by atoms with van der Waals surface area (Å²) in [5, 5.41) is 2.56. The summed E-state index contributed by atoms with van der Waals surface area (Å²) in [6.45, 7) is 6.02. The zero-order valence-corrected chi connectivity index (χ0v) is 7.42. The van der Waals surface area contributed by atoms with Gasteiger partial charge in [-0.2, -0.15) is 0 Å². The van der Waals surface area contributed by atoms with Crippen molar-refractivity contribution >= 4 is 12.2 Å². The number of aryl methyl sites for hydroxylation is 1. The van der Waals surface area contributed by atoms with E-state index >= 15 is 0 Å². The van der Waals surface area contributed by atoms with Gasteiger partial charge in [-0.05, 0) is 0 Å². The Kier molecular flexibility index (Phi) is 4.94. The molecule has 10 heavy (non-hydrogen) atoms. The van der Waals surface area contributed by atoms with Gasteiger partial charge in [0.05, 0.1) is 0 Å². The predicted octanol–water partition coefficient (Wildman–Crippen LogP) is 2.93. The summed E-state index contributed by atoms with van der Waals surface area (Å²) in [5.74, 6) is 0.912. The van der Waals surface area contributed by atoms with Crippen LogP contribution in [0.5, 0.6) is 0 Å². The number of hydrogen-bond acceptors (Lipinski definition) is 2. The Morgan fingerprint density at radius 1 is 1.60 bits per heavy atom. The molecule has 0 atom stereocenters. The second-order valence-corrected chi connectivity index (χ2v) is 1.97. The number of hydrogen-bond donors (Lipinski definition) is 1. The van der Waals surface area contributed by atoms with Gasteiger partial charge >= 0.3 is 0 Å². The van der Waals surface area contributed by atoms with Crippen LogP contribution in [-0.4, -0.2) is 5.16 Å². The Morgan fingerprint density at radius 2 is 2.20 bits per heavy atom. The van der Waals surface area contributed by atoms with Crippen LogP contribution in [0.1, 0.15) is 26.5 Å². The molecule has 0 aliphatic carbocycles. The minimum absolute atomic E-state index is 0.668. The number of aromatic amines is 1. The summed E-state index contributed by atoms with van der Waals surface area (Å²) in [4.78, 5) is 0. The first kappa shape index (κ1) is 9.43. The van der Waals surface area contributed by atoms with Crippen LogP contribution in [0.25, 0.3) is 0 Å². The quantitative estimate of drug-likeness (QED) is 0.638. The number of H-pyrrole nitrogens is 1. The van der Waals surface area contributed by atoms with E-state index < -0.39 is 0 Å². The second kappa shape index (κ2) is 5.23. The largest absolute Gasteiger partial charge is 0.386 e. The molecule has 3 heteroatoms. The van der Waals surface area contributed by atoms with Crippen LogP contribution in [0, 0.1) is 4.64 Å². The Labute approximate surface area is 66.2 Å². The molecule has 0 amide bonds. The zero-order chi connectivity index (χ0) is 7.98. The Bertz CT molecular complexity index is 213. The molecule has 1 rings (SSSR count). The Hall–Kier alpha value is -0.570. The fourth-order valence-corrected chi connectivity index (χ4v) is 0.668. The van der Waals surface area contributed by atoms with Gasteiger partial charge in [0.15, 0.2) is 0 Å². The molecule has 0 fully saturated rings. The lowest BCUT2D eigenvalue weighted by Gasteiger charge is -1.77. The van der Waals surface area contributed by atoms with E-state index in [-0.39, 0.29) is 0 Å². The van der Waals surface area contributed by atoms with E-state index in [1.807, 2.05) is 26.8 Å². The number of rotatable bonds is 1. The highest BCUT2D eigenvalue weighted by Crippen LogP contribution is 1.97. The molecular formula is C7H13NOS. The molecule has 0 aliphatic rings. The third kappa shape index (κ3) is 2.82. The van der Waals surface area contributed by atoms with Gasteiger partial charge in [0.25, 0.3) is 0 Å². The highest BCUT2D eigenvalue weighted by atomic mass is 32.1. The van der Waals surface area contributed by atoms with Crippen LogP contribution in [0.3, 0.4) is 0 Å². The standard InChI is InChI=1S/C5H7NOS.C2H6/c1-2-4-3-5(8)6-7-4;1-2/h3H,2H2,1H3,(H,6,8);1-2H3. The lowest BCUT2D eigenvalue weighted by molar-refractivity contribution is 0.385. The summed E-state index contributed by atoms with van der Waals surface area (Å²) in [6, 6.07) is 1.81. The fourth-order valence-electron chi connectivity index (χ4n) is 0.495. The van der Waals surface area contributed by atoms with Crippen LogP contribution < -0.4 is 0 Å². The molecule has 0 aliphatic heterocycles. The highest BCUT2D eigenvalue weighted by molar-refractivity contribution is 7.71. The summed E-state index contributed by atoms with van der Waals surface area (Å²) >= 11 is 4.75. The Morgan fingerprint density at radius 3 is 2.40 bits per heavy atom. The molecule has 1 heterocycles. The molecule has 1 aromatic heterocycles. The van der Waals surface area contributed by atoms with E-state index in [0.29, 0.717) is 4.64 Å². The molecule has 0 saturated carbocycles. The molecule has 2 nitrogen and oxygen atoms in total. The lowest BCUT2D eigenvalue weighted by atomic mass is 10.4. The summed E-state index contributed by atoms with van der Waals surface area (Å²) in [5.41, 5.74) is 0. The molecule has 0 aromatic carbocycles. The first-order valence-corrected chi connectivity index (χ1v) is 3.91. The fraction of sp³-hybridized carbons (Fsp3) is 0.571. The Balaban J connectivity index is 0.000000371. The van der Waals surface area contributed by atoms with Gasteiger partial charge in [-0.25, -0.2) is 5.16 Å². The van der Waals surface area contributed by atoms with Crippen LogP contribution in [0.2, 0.25) is 0 Å². The van der Waals surface area contributed by atoms with Gasteiger partial charge in [0.2, 0.25) is 0 Å². The van der Waals surface area contributed by atoms with E-state index in [9.17, 15) is 0 Å². The molecule has 0 saturated heterocycles. The van der Waals surface area contributed by atoms with Gasteiger partial charge in [-0.3, -0.25) is 0 Å². The van der Waals surface area contributed by atoms with Crippen LogP contribution in [0.4, 0.5) is 0 Å². The molecule has 0 bridgehead atoms. The first-order chi connectivity index (χ1) is 4.83. The van der Waals surface area contributed by atoms with Crippen molar-refractivity contribution in [3.63, 3.8) is 0 Å². The molecule has 58 valence electrons. The first-order valence-electron chi connectivity index (χ1n) is 3.50. The molecule has 1 N–H and O–H groups in total. The van der Waals surface area contributed by atoms with Crippen LogP contribution in [0.15, 0.2) is 10.6 Å². The van der Waals surface area contributed by atoms with E-state index in [1.54, 1.807) is 0 Å². The third-order valence-corrected chi connectivity index (χ3v) is 1.12. The second-order valence-electron chi connectivity index (χ2n) is 1.53. The van der Waals surface area contributed by atoms with Crippen LogP contribution in [-0.2, 0) is 6.42 Å². The SMILES string of the molecule is CC.CCc1cc(=S)[nH]o1. The topological polar surface area (TPSA) is 28.9 Å². The minimum atomic E-state index is 0.668. The van der Waals surface area contributed by atoms with Crippen molar-refractivity contribution in [3.05, 3.63) is 16.5 Å². The highest BCUT2D eigenvalue weighted by Gasteiger charge is 1.89. The summed E-state index contributed by atoms with van der Waals surface area (Å²) in [6.07, 6.45) is 0.896. The van der Waals surface area contributed by atoms with Crippen molar-refractivity contribution in [2.75, 3.05) is 0 Å². The maximum Gasteiger partial charge on any atom is 0.138 e. The number of aromatic nitrogens is 1. The average Bonchev–Trinajstić information content (AvgIpc) is 2.40. The minimum Gasteiger partial charge on any atom is -0.386 e. The van der Waals surface area contributed by atoms with Gasteiger partial charge in [0, 0.05) is 12.5 Å². The van der Waals surface area contributed by atoms with Crippen molar-refractivity contribution in [1.82, 2.24) is 5.16 Å². The van der Waals surface area contributed by atoms with Crippen molar-refractivity contribution in [2.24, 2.45) is 0 Å². The molecular weight excluding hydrogens is 146 g/mol. The van der Waals surface area contributed by atoms with Gasteiger partial charge in [-0.15, -0.1) is 0 Å². The van der Waals surface area contributed by atoms with E-state index in [0.717, 1.165) is 12.2 Å². The smallest absolute Gasteiger partial charge is 0.138 e. The number of nitrogens with one attached hydrogen (secondary N) is 1. The van der Waals surface area contributed by atoms with E-state index in [2.05, 4.69) is 5.16 Å². The maximum atomic E-state index is 4.88. The van der Waals surface area contributed by atoms with Gasteiger partial charge in [0.1, 0.15) is 10.4 Å². The molecule has 0 spiro atoms. The lowest BCUT2D eigenvalue weighted by Crippen LogP contribution is -1.67. The summed E-state index contributed by atoms with van der Waals surface area (Å²) < 4.78 is 5.55. The van der Waals surface area contributed by atoms with Crippen molar-refractivity contribution in [3.8, 4) is 0 Å². The monoisotopic (exact) mass is 159 g/mol. The van der Waals surface area contributed by atoms with Gasteiger partial charge < -0.3 is 4.52 Å². The summed E-state index contributed by atoms with van der Waals surface area (Å²) in [7, 11) is 0. The van der Waals surface area contributed by atoms with Crippen molar-refractivity contribution < 1.29 is 4.52 Å². The van der Waals surface area contributed by atoms with E-state index in [4.69, 9.17) is 16.7 Å². The van der Waals surface area contributed by atoms with Crippen molar-refractivity contribution in [2.45, 2.75) is 27.2 Å².